The molecule has 2 aromatic rings. The fourth-order valence-electron chi connectivity index (χ4n) is 3.01. The fourth-order valence-corrected chi connectivity index (χ4v) is 4.05. The summed E-state index contributed by atoms with van der Waals surface area (Å²) in [4.78, 5) is 12.7. The molecule has 0 heterocycles. The van der Waals surface area contributed by atoms with Crippen molar-refractivity contribution >= 4 is 50.6 Å². The second kappa shape index (κ2) is 7.52. The lowest BCUT2D eigenvalue weighted by Crippen LogP contribution is -2.36. The maximum Gasteiger partial charge on any atom is 0.319 e. The normalized spacial score (nSPS) is 14.2. The lowest BCUT2D eigenvalue weighted by Gasteiger charge is -2.27. The van der Waals surface area contributed by atoms with Gasteiger partial charge in [-0.05, 0) is 66.1 Å². The third kappa shape index (κ3) is 4.28. The van der Waals surface area contributed by atoms with E-state index in [1.165, 1.54) is 42.5 Å². The van der Waals surface area contributed by atoms with E-state index in [4.69, 9.17) is 22.4 Å². The quantitative estimate of drug-likeness (QED) is 0.362. The van der Waals surface area contributed by atoms with E-state index in [0.29, 0.717) is 5.92 Å². The first kappa shape index (κ1) is 19.7. The highest BCUT2D eigenvalue weighted by Crippen LogP contribution is 2.43. The summed E-state index contributed by atoms with van der Waals surface area (Å²) < 4.78 is -1.18. The Balaban J connectivity index is 1.91. The van der Waals surface area contributed by atoms with Gasteiger partial charge in [-0.3, -0.25) is 20.5 Å². The van der Waals surface area contributed by atoms with Crippen molar-refractivity contribution in [1.82, 2.24) is 4.90 Å². The van der Waals surface area contributed by atoms with E-state index >= 15 is 0 Å². The fraction of sp³-hybridized carbons (Fsp3) is 0.350. The van der Waals surface area contributed by atoms with Crippen molar-refractivity contribution in [1.29, 1.82) is 10.8 Å². The molecule has 3 rings (SSSR count). The van der Waals surface area contributed by atoms with Crippen LogP contribution in [0.15, 0.2) is 36.4 Å². The molecule has 0 spiro atoms. The smallest absolute Gasteiger partial charge is 0.319 e. The van der Waals surface area contributed by atoms with E-state index in [9.17, 15) is 9.90 Å². The molecular weight excluding hydrogens is 382 g/mol. The monoisotopic (exact) mass is 403 g/mol. The van der Waals surface area contributed by atoms with Crippen LogP contribution in [0.4, 0.5) is 0 Å². The van der Waals surface area contributed by atoms with Gasteiger partial charge in [-0.2, -0.15) is 0 Å². The lowest BCUT2D eigenvalue weighted by atomic mass is 9.97. The summed E-state index contributed by atoms with van der Waals surface area (Å²) >= 11 is 6.82. The average molecular weight is 404 g/mol. The zero-order valence-corrected chi connectivity index (χ0v) is 16.8. The second-order valence-electron chi connectivity index (χ2n) is 7.23. The van der Waals surface area contributed by atoms with Crippen LogP contribution in [-0.4, -0.2) is 31.2 Å². The van der Waals surface area contributed by atoms with Gasteiger partial charge in [0.05, 0.1) is 6.54 Å². The Morgan fingerprint density at radius 1 is 1.22 bits per heavy atom. The molecule has 1 aliphatic carbocycles. The molecule has 2 aromatic carbocycles. The molecule has 0 aromatic heterocycles. The molecule has 1 aliphatic rings. The van der Waals surface area contributed by atoms with Crippen molar-refractivity contribution < 1.29 is 9.90 Å². The Labute approximate surface area is 167 Å². The summed E-state index contributed by atoms with van der Waals surface area (Å²) in [6.07, 6.45) is 2.43. The molecule has 27 heavy (non-hydrogen) atoms. The number of hydrogen-bond acceptors (Lipinski definition) is 4. The van der Waals surface area contributed by atoms with Gasteiger partial charge >= 0.3 is 5.97 Å². The number of nitrogens with zero attached hydrogens (tertiary/aromatic N) is 1. The summed E-state index contributed by atoms with van der Waals surface area (Å²) in [6, 6.07) is 12.3. The molecule has 0 atom stereocenters. The Kier molecular flexibility index (Phi) is 5.49. The number of hydrogen-bond donors (Lipinski definition) is 3. The summed E-state index contributed by atoms with van der Waals surface area (Å²) in [6.45, 7) is 3.31. The van der Waals surface area contributed by atoms with Gasteiger partial charge in [0.1, 0.15) is 4.75 Å². The van der Waals surface area contributed by atoms with Gasteiger partial charge in [0.2, 0.25) is 0 Å². The van der Waals surface area contributed by atoms with E-state index in [1.807, 2.05) is 24.3 Å². The Bertz CT molecular complexity index is 925. The SMILES string of the molecule is CC(C)(SC(=N)N(Cc1ccc(C2CC2)c2ccccc12)C(=N)Cl)C(=O)O. The number of carboxylic acid groups (broad SMARTS) is 1. The molecule has 5 nitrogen and oxygen atoms in total. The standard InChI is InChI=1S/C20H22ClN3O2S/c1-20(2,17(25)26)27-19(23)24(18(21)22)11-13-9-10-15(12-7-8-12)16-6-4-3-5-14(13)16/h3-6,9-10,12,22-23H,7-8,11H2,1-2H3,(H,25,26). The van der Waals surface area contributed by atoms with Crippen LogP contribution in [0, 0.1) is 10.8 Å². The molecule has 0 aliphatic heterocycles. The molecule has 0 amide bonds. The first-order valence-corrected chi connectivity index (χ1v) is 9.93. The number of aliphatic carboxylic acids is 1. The molecule has 0 radical (unpaired) electrons. The van der Waals surface area contributed by atoms with Gasteiger partial charge in [-0.1, -0.05) is 48.2 Å². The molecule has 0 saturated heterocycles. The zero-order valence-electron chi connectivity index (χ0n) is 15.3. The van der Waals surface area contributed by atoms with Crippen LogP contribution in [0.3, 0.4) is 0 Å². The molecule has 7 heteroatoms. The van der Waals surface area contributed by atoms with Gasteiger partial charge in [-0.25, -0.2) is 0 Å². The maximum absolute atomic E-state index is 11.4. The van der Waals surface area contributed by atoms with Crippen molar-refractivity contribution in [3.63, 3.8) is 0 Å². The lowest BCUT2D eigenvalue weighted by molar-refractivity contribution is -0.138. The van der Waals surface area contributed by atoms with Crippen LogP contribution < -0.4 is 0 Å². The van der Waals surface area contributed by atoms with Crippen LogP contribution >= 0.6 is 23.4 Å². The minimum atomic E-state index is -1.18. The molecule has 3 N–H and O–H groups in total. The number of benzene rings is 2. The van der Waals surface area contributed by atoms with Gasteiger partial charge < -0.3 is 5.11 Å². The summed E-state index contributed by atoms with van der Waals surface area (Å²) in [5.74, 6) is -0.394. The minimum Gasteiger partial charge on any atom is -0.480 e. The van der Waals surface area contributed by atoms with Crippen LogP contribution in [0.5, 0.6) is 0 Å². The molecule has 0 unspecified atom stereocenters. The second-order valence-corrected chi connectivity index (χ2v) is 9.20. The Hall–Kier alpha value is -2.05. The van der Waals surface area contributed by atoms with E-state index < -0.39 is 10.7 Å². The van der Waals surface area contributed by atoms with Gasteiger partial charge in [0.25, 0.3) is 0 Å². The number of nitrogens with one attached hydrogen (secondary N) is 2. The number of halogens is 1. The number of rotatable bonds is 5. The van der Waals surface area contributed by atoms with E-state index in [0.717, 1.165) is 22.7 Å². The molecule has 1 saturated carbocycles. The van der Waals surface area contributed by atoms with Crippen LogP contribution in [0.1, 0.15) is 43.7 Å². The minimum absolute atomic E-state index is 0.0576. The van der Waals surface area contributed by atoms with E-state index in [-0.39, 0.29) is 17.0 Å². The van der Waals surface area contributed by atoms with E-state index in [1.54, 1.807) is 0 Å². The summed E-state index contributed by atoms with van der Waals surface area (Å²) in [5.41, 5.74) is 2.30. The van der Waals surface area contributed by atoms with Crippen LogP contribution in [0.2, 0.25) is 0 Å². The number of carboxylic acids is 1. The van der Waals surface area contributed by atoms with E-state index in [2.05, 4.69) is 12.1 Å². The van der Waals surface area contributed by atoms with Gasteiger partial charge in [-0.15, -0.1) is 0 Å². The predicted octanol–water partition coefficient (Wildman–Crippen LogP) is 5.22. The van der Waals surface area contributed by atoms with Crippen molar-refractivity contribution in [3.8, 4) is 0 Å². The van der Waals surface area contributed by atoms with Crippen LogP contribution in [0.25, 0.3) is 10.8 Å². The first-order valence-electron chi connectivity index (χ1n) is 8.74. The summed E-state index contributed by atoms with van der Waals surface area (Å²) in [7, 11) is 0. The number of fused-ring (bicyclic) bond motifs is 1. The highest BCUT2D eigenvalue weighted by atomic mass is 35.5. The third-order valence-corrected chi connectivity index (χ3v) is 6.05. The summed E-state index contributed by atoms with van der Waals surface area (Å²) in [5, 5.41) is 27.4. The highest BCUT2D eigenvalue weighted by Gasteiger charge is 2.32. The Morgan fingerprint density at radius 2 is 1.85 bits per heavy atom. The number of amidine groups is 2. The first-order chi connectivity index (χ1) is 12.7. The third-order valence-electron chi connectivity index (χ3n) is 4.74. The number of thioether (sulfide) groups is 1. The average Bonchev–Trinajstić information content (AvgIpc) is 3.43. The van der Waals surface area contributed by atoms with Crippen molar-refractivity contribution in [2.75, 3.05) is 0 Å². The number of carbonyl (C=O) groups is 1. The maximum atomic E-state index is 11.4. The van der Waals surface area contributed by atoms with Crippen molar-refractivity contribution in [2.45, 2.75) is 43.9 Å². The Morgan fingerprint density at radius 3 is 2.41 bits per heavy atom. The molecule has 142 valence electrons. The van der Waals surface area contributed by atoms with Crippen molar-refractivity contribution in [2.24, 2.45) is 0 Å². The molecular formula is C20H22ClN3O2S. The molecule has 1 fully saturated rings. The largest absolute Gasteiger partial charge is 0.480 e. The van der Waals surface area contributed by atoms with Crippen LogP contribution in [-0.2, 0) is 11.3 Å². The van der Waals surface area contributed by atoms with Gasteiger partial charge in [0.15, 0.2) is 10.5 Å². The predicted molar refractivity (Wildman–Crippen MR) is 112 cm³/mol. The highest BCUT2D eigenvalue weighted by molar-refractivity contribution is 8.15. The molecule has 0 bridgehead atoms. The van der Waals surface area contributed by atoms with Crippen molar-refractivity contribution in [3.05, 3.63) is 47.5 Å². The zero-order chi connectivity index (χ0) is 19.8. The van der Waals surface area contributed by atoms with Gasteiger partial charge in [0, 0.05) is 0 Å². The topological polar surface area (TPSA) is 88.2 Å².